The van der Waals surface area contributed by atoms with Crippen LogP contribution in [0.1, 0.15) is 30.9 Å². The number of piperidine rings is 1. The van der Waals surface area contributed by atoms with Gasteiger partial charge in [0.25, 0.3) is 5.56 Å². The topological polar surface area (TPSA) is 56.3 Å². The first-order valence-corrected chi connectivity index (χ1v) is 7.73. The van der Waals surface area contributed by atoms with E-state index in [1.54, 1.807) is 0 Å². The Morgan fingerprint density at radius 2 is 2.00 bits per heavy atom. The number of hydrogen-bond acceptors (Lipinski definition) is 3. The molecule has 3 rings (SSSR count). The zero-order valence-electron chi connectivity index (χ0n) is 12.2. The Kier molecular flexibility index (Phi) is 4.36. The van der Waals surface area contributed by atoms with Crippen LogP contribution in [-0.4, -0.2) is 41.2 Å². The Hall–Kier alpha value is -1.65. The molecule has 21 heavy (non-hydrogen) atoms. The molecule has 1 aliphatic rings. The Morgan fingerprint density at radius 1 is 1.24 bits per heavy atom. The lowest BCUT2D eigenvalue weighted by molar-refractivity contribution is 0.186. The molecular formula is C17H22N2O2. The molecule has 4 heteroatoms. The second-order valence-electron chi connectivity index (χ2n) is 5.83. The fourth-order valence-corrected chi connectivity index (χ4v) is 3.21. The van der Waals surface area contributed by atoms with Crippen LogP contribution in [0.15, 0.2) is 35.1 Å². The van der Waals surface area contributed by atoms with Gasteiger partial charge in [0.05, 0.1) is 0 Å². The minimum atomic E-state index is 0.0193. The fraction of sp³-hybridized carbons (Fsp3) is 0.471. The maximum atomic E-state index is 12.2. The monoisotopic (exact) mass is 286 g/mol. The first-order chi connectivity index (χ1) is 10.3. The standard InChI is InChI=1S/C17H22N2O2/c20-11-3-8-19-9-6-13(7-10-19)16-12-14-4-1-2-5-15(14)17(21)18-16/h1-2,4-5,12-13,20H,3,6-11H2,(H,18,21). The highest BCUT2D eigenvalue weighted by Gasteiger charge is 2.21. The molecule has 0 spiro atoms. The lowest BCUT2D eigenvalue weighted by Crippen LogP contribution is -2.34. The van der Waals surface area contributed by atoms with Crippen molar-refractivity contribution >= 4 is 10.8 Å². The number of aromatic amines is 1. The molecule has 0 atom stereocenters. The molecule has 0 bridgehead atoms. The van der Waals surface area contributed by atoms with Crippen molar-refractivity contribution in [3.63, 3.8) is 0 Å². The third-order valence-electron chi connectivity index (χ3n) is 4.43. The average Bonchev–Trinajstić information content (AvgIpc) is 2.53. The number of likely N-dealkylation sites (tertiary alicyclic amines) is 1. The highest BCUT2D eigenvalue weighted by Crippen LogP contribution is 2.27. The van der Waals surface area contributed by atoms with Crippen LogP contribution in [0.5, 0.6) is 0 Å². The lowest BCUT2D eigenvalue weighted by atomic mass is 9.92. The van der Waals surface area contributed by atoms with Crippen LogP contribution in [0.4, 0.5) is 0 Å². The van der Waals surface area contributed by atoms with Crippen LogP contribution in [0.3, 0.4) is 0 Å². The highest BCUT2D eigenvalue weighted by molar-refractivity contribution is 5.81. The van der Waals surface area contributed by atoms with Crippen molar-refractivity contribution in [2.45, 2.75) is 25.2 Å². The third-order valence-corrected chi connectivity index (χ3v) is 4.43. The maximum absolute atomic E-state index is 12.2. The lowest BCUT2D eigenvalue weighted by Gasteiger charge is -2.31. The summed E-state index contributed by atoms with van der Waals surface area (Å²) in [5, 5.41) is 10.7. The van der Waals surface area contributed by atoms with Crippen molar-refractivity contribution < 1.29 is 5.11 Å². The summed E-state index contributed by atoms with van der Waals surface area (Å²) in [6.07, 6.45) is 2.98. The maximum Gasteiger partial charge on any atom is 0.256 e. The second-order valence-corrected chi connectivity index (χ2v) is 5.83. The number of rotatable bonds is 4. The summed E-state index contributed by atoms with van der Waals surface area (Å²) >= 11 is 0. The smallest absolute Gasteiger partial charge is 0.256 e. The highest BCUT2D eigenvalue weighted by atomic mass is 16.3. The van der Waals surface area contributed by atoms with Gasteiger partial charge in [-0.3, -0.25) is 4.79 Å². The van der Waals surface area contributed by atoms with E-state index in [-0.39, 0.29) is 12.2 Å². The normalized spacial score (nSPS) is 17.4. The largest absolute Gasteiger partial charge is 0.396 e. The van der Waals surface area contributed by atoms with Crippen LogP contribution in [0.25, 0.3) is 10.8 Å². The number of nitrogens with one attached hydrogen (secondary N) is 1. The Labute approximate surface area is 124 Å². The van der Waals surface area contributed by atoms with Gasteiger partial charge in [0.1, 0.15) is 0 Å². The number of H-pyrrole nitrogens is 1. The molecule has 2 N–H and O–H groups in total. The summed E-state index contributed by atoms with van der Waals surface area (Å²) in [5.74, 6) is 0.438. The Bertz CT molecular complexity index is 657. The first-order valence-electron chi connectivity index (χ1n) is 7.73. The van der Waals surface area contributed by atoms with Crippen LogP contribution >= 0.6 is 0 Å². The van der Waals surface area contributed by atoms with Crippen LogP contribution in [0.2, 0.25) is 0 Å². The van der Waals surface area contributed by atoms with Gasteiger partial charge in [-0.25, -0.2) is 0 Å². The van der Waals surface area contributed by atoms with Gasteiger partial charge < -0.3 is 15.0 Å². The van der Waals surface area contributed by atoms with E-state index < -0.39 is 0 Å². The van der Waals surface area contributed by atoms with Crippen LogP contribution in [0, 0.1) is 0 Å². The van der Waals surface area contributed by atoms with Gasteiger partial charge in [-0.1, -0.05) is 18.2 Å². The molecule has 2 heterocycles. The molecule has 1 aromatic carbocycles. The number of aliphatic hydroxyl groups excluding tert-OH is 1. The molecule has 0 saturated carbocycles. The molecule has 0 radical (unpaired) electrons. The molecule has 1 aliphatic heterocycles. The van der Waals surface area contributed by atoms with Crippen molar-refractivity contribution in [1.29, 1.82) is 0 Å². The zero-order chi connectivity index (χ0) is 14.7. The summed E-state index contributed by atoms with van der Waals surface area (Å²) in [6.45, 7) is 3.31. The van der Waals surface area contributed by atoms with E-state index >= 15 is 0 Å². The summed E-state index contributed by atoms with van der Waals surface area (Å²) < 4.78 is 0. The van der Waals surface area contributed by atoms with Crippen LogP contribution in [-0.2, 0) is 0 Å². The molecule has 0 amide bonds. The number of benzene rings is 1. The van der Waals surface area contributed by atoms with Gasteiger partial charge >= 0.3 is 0 Å². The third kappa shape index (κ3) is 3.17. The molecule has 1 fully saturated rings. The molecule has 1 aromatic heterocycles. The van der Waals surface area contributed by atoms with Gasteiger partial charge in [0.15, 0.2) is 0 Å². The van der Waals surface area contributed by atoms with E-state index in [0.717, 1.165) is 55.4 Å². The Balaban J connectivity index is 1.75. The predicted molar refractivity (Wildman–Crippen MR) is 84.7 cm³/mol. The summed E-state index contributed by atoms with van der Waals surface area (Å²) in [5.41, 5.74) is 1.09. The fourth-order valence-electron chi connectivity index (χ4n) is 3.21. The number of aromatic nitrogens is 1. The van der Waals surface area contributed by atoms with E-state index in [2.05, 4.69) is 16.0 Å². The summed E-state index contributed by atoms with van der Waals surface area (Å²) in [6, 6.07) is 9.88. The zero-order valence-corrected chi connectivity index (χ0v) is 12.2. The van der Waals surface area contributed by atoms with Crippen molar-refractivity contribution in [1.82, 2.24) is 9.88 Å². The minimum absolute atomic E-state index is 0.0193. The van der Waals surface area contributed by atoms with Gasteiger partial charge in [-0.05, 0) is 49.9 Å². The molecule has 1 saturated heterocycles. The molecule has 112 valence electrons. The van der Waals surface area contributed by atoms with Crippen molar-refractivity contribution in [3.8, 4) is 0 Å². The van der Waals surface area contributed by atoms with Gasteiger partial charge in [0.2, 0.25) is 0 Å². The Morgan fingerprint density at radius 3 is 2.76 bits per heavy atom. The molecular weight excluding hydrogens is 264 g/mol. The predicted octanol–water partition coefficient (Wildman–Crippen LogP) is 2.09. The van der Waals surface area contributed by atoms with E-state index in [1.807, 2.05) is 24.3 Å². The van der Waals surface area contributed by atoms with Gasteiger partial charge in [-0.2, -0.15) is 0 Å². The quantitative estimate of drug-likeness (QED) is 0.905. The summed E-state index contributed by atoms with van der Waals surface area (Å²) in [7, 11) is 0. The number of fused-ring (bicyclic) bond motifs is 1. The van der Waals surface area contributed by atoms with E-state index in [9.17, 15) is 4.79 Å². The van der Waals surface area contributed by atoms with Crippen molar-refractivity contribution in [2.75, 3.05) is 26.2 Å². The van der Waals surface area contributed by atoms with Crippen molar-refractivity contribution in [3.05, 3.63) is 46.4 Å². The SMILES string of the molecule is O=c1[nH]c(C2CCN(CCCO)CC2)cc2ccccc12. The molecule has 0 unspecified atom stereocenters. The molecule has 2 aromatic rings. The van der Waals surface area contributed by atoms with E-state index in [4.69, 9.17) is 5.11 Å². The average molecular weight is 286 g/mol. The number of aliphatic hydroxyl groups is 1. The van der Waals surface area contributed by atoms with E-state index in [0.29, 0.717) is 5.92 Å². The van der Waals surface area contributed by atoms with Crippen LogP contribution < -0.4 is 5.56 Å². The van der Waals surface area contributed by atoms with Gasteiger partial charge in [0, 0.05) is 30.1 Å². The second kappa shape index (κ2) is 6.41. The summed E-state index contributed by atoms with van der Waals surface area (Å²) in [4.78, 5) is 17.6. The number of pyridine rings is 1. The number of nitrogens with zero attached hydrogens (tertiary/aromatic N) is 1. The first kappa shape index (κ1) is 14.3. The number of hydrogen-bond donors (Lipinski definition) is 2. The molecule has 0 aliphatic carbocycles. The van der Waals surface area contributed by atoms with Crippen molar-refractivity contribution in [2.24, 2.45) is 0 Å². The van der Waals surface area contributed by atoms with Gasteiger partial charge in [-0.15, -0.1) is 0 Å². The minimum Gasteiger partial charge on any atom is -0.396 e. The van der Waals surface area contributed by atoms with E-state index in [1.165, 1.54) is 0 Å². The molecule has 4 nitrogen and oxygen atoms in total.